The van der Waals surface area contributed by atoms with E-state index in [1.165, 1.54) is 6.20 Å². The van der Waals surface area contributed by atoms with Crippen LogP contribution in [0.3, 0.4) is 0 Å². The lowest BCUT2D eigenvalue weighted by Crippen LogP contribution is -2.45. The van der Waals surface area contributed by atoms with Crippen LogP contribution in [0.4, 0.5) is 0 Å². The van der Waals surface area contributed by atoms with Crippen LogP contribution in [0.1, 0.15) is 30.8 Å². The zero-order valence-corrected chi connectivity index (χ0v) is 11.1. The number of halogens is 1. The van der Waals surface area contributed by atoms with E-state index in [0.717, 1.165) is 4.47 Å². The Morgan fingerprint density at radius 3 is 2.59 bits per heavy atom. The van der Waals surface area contributed by atoms with Crippen molar-refractivity contribution >= 4 is 27.8 Å². The molecule has 0 aromatic carbocycles. The molecule has 0 atom stereocenters. The highest BCUT2D eigenvalue weighted by Crippen LogP contribution is 2.11. The first-order valence-corrected chi connectivity index (χ1v) is 5.75. The monoisotopic (exact) mass is 300 g/mol. The number of carboxylic acids is 1. The molecule has 17 heavy (non-hydrogen) atoms. The quantitative estimate of drug-likeness (QED) is 0.889. The van der Waals surface area contributed by atoms with Gasteiger partial charge in [0.15, 0.2) is 0 Å². The minimum Gasteiger partial charge on any atom is -0.481 e. The van der Waals surface area contributed by atoms with E-state index in [0.29, 0.717) is 0 Å². The zero-order chi connectivity index (χ0) is 13.1. The number of hydrogen-bond acceptors (Lipinski definition) is 3. The van der Waals surface area contributed by atoms with Crippen LogP contribution >= 0.6 is 15.9 Å². The normalized spacial score (nSPS) is 11.0. The number of hydrogen-bond donors (Lipinski definition) is 2. The molecular formula is C11H13BrN2O3. The molecule has 2 N–H and O–H groups in total. The maximum absolute atomic E-state index is 11.8. The number of carbonyl (C=O) groups excluding carboxylic acids is 1. The molecule has 0 spiro atoms. The van der Waals surface area contributed by atoms with Gasteiger partial charge in [-0.25, -0.2) is 4.98 Å². The van der Waals surface area contributed by atoms with Crippen LogP contribution in [-0.2, 0) is 4.79 Å². The van der Waals surface area contributed by atoms with Gasteiger partial charge in [0.05, 0.1) is 6.42 Å². The first-order valence-electron chi connectivity index (χ1n) is 4.96. The maximum atomic E-state index is 11.8. The van der Waals surface area contributed by atoms with E-state index < -0.39 is 11.5 Å². The van der Waals surface area contributed by atoms with Gasteiger partial charge < -0.3 is 10.4 Å². The van der Waals surface area contributed by atoms with Gasteiger partial charge in [-0.1, -0.05) is 0 Å². The Hall–Kier alpha value is -1.43. The van der Waals surface area contributed by atoms with Gasteiger partial charge in [-0.15, -0.1) is 0 Å². The number of carboxylic acid groups (broad SMARTS) is 1. The van der Waals surface area contributed by atoms with E-state index in [2.05, 4.69) is 26.2 Å². The lowest BCUT2D eigenvalue weighted by Gasteiger charge is -2.23. The van der Waals surface area contributed by atoms with Crippen molar-refractivity contribution in [1.29, 1.82) is 0 Å². The van der Waals surface area contributed by atoms with E-state index in [9.17, 15) is 9.59 Å². The highest BCUT2D eigenvalue weighted by Gasteiger charge is 2.24. The predicted octanol–water partition coefficient (Wildman–Crippen LogP) is 1.83. The Labute approximate surface area is 107 Å². The van der Waals surface area contributed by atoms with E-state index >= 15 is 0 Å². The number of aromatic nitrogens is 1. The number of pyridine rings is 1. The molecule has 0 unspecified atom stereocenters. The minimum absolute atomic E-state index is 0.144. The number of nitrogens with zero attached hydrogens (tertiary/aromatic N) is 1. The van der Waals surface area contributed by atoms with E-state index in [1.54, 1.807) is 26.0 Å². The first-order chi connectivity index (χ1) is 7.80. The summed E-state index contributed by atoms with van der Waals surface area (Å²) in [5, 5.41) is 11.3. The summed E-state index contributed by atoms with van der Waals surface area (Å²) >= 11 is 3.22. The molecule has 0 saturated carbocycles. The van der Waals surface area contributed by atoms with Gasteiger partial charge in [0.25, 0.3) is 5.91 Å². The Bertz CT molecular complexity index is 429. The third-order valence-corrected chi connectivity index (χ3v) is 2.47. The number of amides is 1. The fraction of sp³-hybridized carbons (Fsp3) is 0.364. The number of aliphatic carboxylic acids is 1. The number of carbonyl (C=O) groups is 2. The topological polar surface area (TPSA) is 79.3 Å². The van der Waals surface area contributed by atoms with Crippen molar-refractivity contribution in [3.8, 4) is 0 Å². The summed E-state index contributed by atoms with van der Waals surface area (Å²) in [5.74, 6) is -1.34. The summed E-state index contributed by atoms with van der Waals surface area (Å²) in [7, 11) is 0. The van der Waals surface area contributed by atoms with Gasteiger partial charge >= 0.3 is 5.97 Å². The van der Waals surface area contributed by atoms with Crippen molar-refractivity contribution in [2.75, 3.05) is 0 Å². The summed E-state index contributed by atoms with van der Waals surface area (Å²) in [6, 6.07) is 3.27. The second-order valence-electron chi connectivity index (χ2n) is 4.27. The molecule has 0 saturated heterocycles. The van der Waals surface area contributed by atoms with Crippen LogP contribution < -0.4 is 5.32 Å². The van der Waals surface area contributed by atoms with Gasteiger partial charge in [-0.05, 0) is 41.9 Å². The molecule has 1 heterocycles. The molecule has 1 aromatic rings. The average Bonchev–Trinajstić information content (AvgIpc) is 2.15. The van der Waals surface area contributed by atoms with Crippen molar-refractivity contribution in [3.05, 3.63) is 28.5 Å². The standard InChI is InChI=1S/C11H13BrN2O3/c1-11(2,5-9(15)16)14-10(17)8-4-3-7(12)6-13-8/h3-4,6H,5H2,1-2H3,(H,14,17)(H,15,16). The van der Waals surface area contributed by atoms with Crippen LogP contribution in [-0.4, -0.2) is 27.5 Å². The summed E-state index contributed by atoms with van der Waals surface area (Å²) in [5.41, 5.74) is -0.552. The fourth-order valence-electron chi connectivity index (χ4n) is 1.30. The maximum Gasteiger partial charge on any atom is 0.305 e. The second kappa shape index (κ2) is 5.27. The third kappa shape index (κ3) is 4.52. The molecule has 92 valence electrons. The van der Waals surface area contributed by atoms with E-state index in [1.807, 2.05) is 0 Å². The lowest BCUT2D eigenvalue weighted by atomic mass is 10.0. The van der Waals surface area contributed by atoms with Crippen molar-refractivity contribution in [2.24, 2.45) is 0 Å². The molecule has 0 bridgehead atoms. The molecule has 0 aliphatic heterocycles. The van der Waals surface area contributed by atoms with Gasteiger partial charge in [-0.2, -0.15) is 0 Å². The zero-order valence-electron chi connectivity index (χ0n) is 9.53. The fourth-order valence-corrected chi connectivity index (χ4v) is 1.54. The molecule has 1 aromatic heterocycles. The highest BCUT2D eigenvalue weighted by molar-refractivity contribution is 9.10. The van der Waals surface area contributed by atoms with Crippen molar-refractivity contribution in [3.63, 3.8) is 0 Å². The SMILES string of the molecule is CC(C)(CC(=O)O)NC(=O)c1ccc(Br)cn1. The Balaban J connectivity index is 2.72. The Morgan fingerprint density at radius 2 is 2.12 bits per heavy atom. The van der Waals surface area contributed by atoms with Crippen LogP contribution in [0.5, 0.6) is 0 Å². The van der Waals surface area contributed by atoms with Gasteiger partial charge in [-0.3, -0.25) is 9.59 Å². The van der Waals surface area contributed by atoms with E-state index in [-0.39, 0.29) is 18.0 Å². The Morgan fingerprint density at radius 1 is 1.47 bits per heavy atom. The molecule has 0 aliphatic rings. The van der Waals surface area contributed by atoms with Crippen LogP contribution in [0, 0.1) is 0 Å². The predicted molar refractivity (Wildman–Crippen MR) is 65.7 cm³/mol. The van der Waals surface area contributed by atoms with Crippen LogP contribution in [0.15, 0.2) is 22.8 Å². The lowest BCUT2D eigenvalue weighted by molar-refractivity contribution is -0.138. The van der Waals surface area contributed by atoms with Crippen LogP contribution in [0.25, 0.3) is 0 Å². The van der Waals surface area contributed by atoms with Gasteiger partial charge in [0.1, 0.15) is 5.69 Å². The Kier molecular flexibility index (Phi) is 4.22. The number of nitrogens with one attached hydrogen (secondary N) is 1. The van der Waals surface area contributed by atoms with Gasteiger partial charge in [0, 0.05) is 16.2 Å². The summed E-state index contributed by atoms with van der Waals surface area (Å²) < 4.78 is 0.777. The molecule has 1 rings (SSSR count). The van der Waals surface area contributed by atoms with Crippen LogP contribution in [0.2, 0.25) is 0 Å². The summed E-state index contributed by atoms with van der Waals surface area (Å²) in [6.45, 7) is 3.30. The molecule has 5 nitrogen and oxygen atoms in total. The van der Waals surface area contributed by atoms with E-state index in [4.69, 9.17) is 5.11 Å². The highest BCUT2D eigenvalue weighted by atomic mass is 79.9. The second-order valence-corrected chi connectivity index (χ2v) is 5.19. The first kappa shape index (κ1) is 13.6. The van der Waals surface area contributed by atoms with Crippen molar-refractivity contribution in [2.45, 2.75) is 25.8 Å². The molecule has 0 aliphatic carbocycles. The summed E-state index contributed by atoms with van der Waals surface area (Å²) in [6.07, 6.45) is 1.37. The third-order valence-electron chi connectivity index (χ3n) is 2.01. The van der Waals surface area contributed by atoms with Gasteiger partial charge in [0.2, 0.25) is 0 Å². The van der Waals surface area contributed by atoms with Crippen molar-refractivity contribution < 1.29 is 14.7 Å². The molecular weight excluding hydrogens is 288 g/mol. The molecule has 1 amide bonds. The minimum atomic E-state index is -0.959. The summed E-state index contributed by atoms with van der Waals surface area (Å²) in [4.78, 5) is 26.3. The smallest absolute Gasteiger partial charge is 0.305 e. The molecule has 0 fully saturated rings. The largest absolute Gasteiger partial charge is 0.481 e. The molecule has 6 heteroatoms. The number of rotatable bonds is 4. The average molecular weight is 301 g/mol. The van der Waals surface area contributed by atoms with Crippen molar-refractivity contribution in [1.82, 2.24) is 10.3 Å². The molecule has 0 radical (unpaired) electrons.